The van der Waals surface area contributed by atoms with E-state index in [1.54, 1.807) is 12.1 Å². The number of piperidine rings is 1. The van der Waals surface area contributed by atoms with Crippen LogP contribution >= 0.6 is 0 Å². The van der Waals surface area contributed by atoms with E-state index in [9.17, 15) is 19.2 Å². The average Bonchev–Trinajstić information content (AvgIpc) is 2.65. The van der Waals surface area contributed by atoms with Gasteiger partial charge in [0.25, 0.3) is 0 Å². The van der Waals surface area contributed by atoms with E-state index in [0.29, 0.717) is 0 Å². The Labute approximate surface area is 114 Å². The molecule has 1 aromatic rings. The fourth-order valence-corrected chi connectivity index (χ4v) is 2.68. The number of carbonyl (C=O) groups is 4. The smallest absolute Gasteiger partial charge is 0.242 e. The van der Waals surface area contributed by atoms with E-state index in [1.807, 2.05) is 18.2 Å². The molecule has 1 N–H and O–H groups in total. The van der Waals surface area contributed by atoms with Crippen LogP contribution < -0.4 is 5.32 Å². The van der Waals surface area contributed by atoms with Gasteiger partial charge in [0, 0.05) is 6.42 Å². The molecule has 0 spiro atoms. The summed E-state index contributed by atoms with van der Waals surface area (Å²) in [5.41, 5.74) is 0.805. The number of carbonyl (C=O) groups excluding carboxylic acids is 4. The predicted octanol–water partition coefficient (Wildman–Crippen LogP) is -0.166. The van der Waals surface area contributed by atoms with E-state index >= 15 is 0 Å². The highest BCUT2D eigenvalue weighted by Gasteiger charge is 2.54. The number of fused-ring (bicyclic) bond motifs is 1. The van der Waals surface area contributed by atoms with Crippen LogP contribution in [0.5, 0.6) is 0 Å². The number of benzene rings is 1. The van der Waals surface area contributed by atoms with Crippen LogP contribution in [0, 0.1) is 11.8 Å². The van der Waals surface area contributed by atoms with Crippen LogP contribution in [-0.4, -0.2) is 28.5 Å². The molecule has 0 saturated carbocycles. The van der Waals surface area contributed by atoms with Gasteiger partial charge in [0.05, 0.1) is 12.5 Å². The van der Waals surface area contributed by atoms with Crippen molar-refractivity contribution in [2.24, 2.45) is 11.8 Å². The van der Waals surface area contributed by atoms with E-state index in [-0.39, 0.29) is 13.0 Å². The minimum absolute atomic E-state index is 0.105. The topological polar surface area (TPSA) is 83.6 Å². The Bertz CT molecular complexity index is 611. The number of nitrogens with one attached hydrogen (secondary N) is 1. The first-order valence-corrected chi connectivity index (χ1v) is 6.31. The van der Waals surface area contributed by atoms with Crippen molar-refractivity contribution in [3.63, 3.8) is 0 Å². The summed E-state index contributed by atoms with van der Waals surface area (Å²) in [6.07, 6.45) is -0.105. The molecule has 6 nitrogen and oxygen atoms in total. The Morgan fingerprint density at radius 2 is 1.75 bits per heavy atom. The lowest BCUT2D eigenvalue weighted by atomic mass is 9.88. The Morgan fingerprint density at radius 3 is 2.45 bits per heavy atom. The van der Waals surface area contributed by atoms with Crippen LogP contribution in [0.2, 0.25) is 0 Å². The molecule has 2 heterocycles. The lowest BCUT2D eigenvalue weighted by Gasteiger charge is -2.19. The molecule has 2 aliphatic rings. The molecule has 2 unspecified atom stereocenters. The van der Waals surface area contributed by atoms with Crippen molar-refractivity contribution >= 4 is 23.6 Å². The lowest BCUT2D eigenvalue weighted by Crippen LogP contribution is -2.47. The van der Waals surface area contributed by atoms with Gasteiger partial charge in [0.15, 0.2) is 0 Å². The van der Waals surface area contributed by atoms with Crippen LogP contribution in [0.25, 0.3) is 0 Å². The number of amides is 4. The highest BCUT2D eigenvalue weighted by Crippen LogP contribution is 2.32. The van der Waals surface area contributed by atoms with Crippen LogP contribution in [0.15, 0.2) is 30.3 Å². The third-order valence-electron chi connectivity index (χ3n) is 3.65. The van der Waals surface area contributed by atoms with E-state index < -0.39 is 35.5 Å². The van der Waals surface area contributed by atoms with Gasteiger partial charge in [-0.1, -0.05) is 30.3 Å². The summed E-state index contributed by atoms with van der Waals surface area (Å²) in [5, 5.41) is 2.11. The maximum absolute atomic E-state index is 12.2. The van der Waals surface area contributed by atoms with Gasteiger partial charge in [-0.15, -0.1) is 0 Å². The Balaban J connectivity index is 1.87. The van der Waals surface area contributed by atoms with Crippen molar-refractivity contribution in [2.75, 3.05) is 0 Å². The summed E-state index contributed by atoms with van der Waals surface area (Å²) in [6, 6.07) is 9.05. The van der Waals surface area contributed by atoms with Gasteiger partial charge >= 0.3 is 0 Å². The van der Waals surface area contributed by atoms with Gasteiger partial charge in [-0.3, -0.25) is 29.4 Å². The minimum Gasteiger partial charge on any atom is -0.296 e. The fraction of sp³-hybridized carbons (Fsp3) is 0.286. The van der Waals surface area contributed by atoms with Crippen molar-refractivity contribution in [3.8, 4) is 0 Å². The molecule has 0 radical (unpaired) electrons. The first-order valence-electron chi connectivity index (χ1n) is 6.31. The van der Waals surface area contributed by atoms with E-state index in [2.05, 4.69) is 5.32 Å². The molecular formula is C14H12N2O4. The molecule has 0 aromatic heterocycles. The fourth-order valence-electron chi connectivity index (χ4n) is 2.68. The first-order chi connectivity index (χ1) is 9.58. The van der Waals surface area contributed by atoms with Crippen molar-refractivity contribution in [3.05, 3.63) is 35.9 Å². The van der Waals surface area contributed by atoms with Crippen molar-refractivity contribution < 1.29 is 19.2 Å². The quantitative estimate of drug-likeness (QED) is 0.598. The second kappa shape index (κ2) is 4.56. The maximum atomic E-state index is 12.2. The zero-order valence-corrected chi connectivity index (χ0v) is 10.5. The minimum atomic E-state index is -1.05. The number of likely N-dealkylation sites (tertiary alicyclic amines) is 1. The molecule has 3 rings (SSSR count). The van der Waals surface area contributed by atoms with Crippen LogP contribution in [-0.2, 0) is 25.7 Å². The second-order valence-electron chi connectivity index (χ2n) is 4.95. The SMILES string of the molecule is O=C1CC2C(=O)N(Cc3ccccc3)C(=O)C2C(=O)N1. The maximum Gasteiger partial charge on any atom is 0.242 e. The molecule has 2 fully saturated rings. The molecule has 2 aliphatic heterocycles. The normalized spacial score (nSPS) is 25.7. The molecule has 20 heavy (non-hydrogen) atoms. The zero-order chi connectivity index (χ0) is 14.3. The van der Waals surface area contributed by atoms with Gasteiger partial charge < -0.3 is 0 Å². The van der Waals surface area contributed by atoms with Crippen molar-refractivity contribution in [1.29, 1.82) is 0 Å². The van der Waals surface area contributed by atoms with E-state index in [1.165, 1.54) is 0 Å². The van der Waals surface area contributed by atoms with E-state index in [0.717, 1.165) is 10.5 Å². The van der Waals surface area contributed by atoms with Gasteiger partial charge in [0.1, 0.15) is 5.92 Å². The third-order valence-corrected chi connectivity index (χ3v) is 3.65. The third kappa shape index (κ3) is 1.89. The summed E-state index contributed by atoms with van der Waals surface area (Å²) in [7, 11) is 0. The second-order valence-corrected chi connectivity index (χ2v) is 4.95. The Kier molecular flexibility index (Phi) is 2.85. The molecule has 4 amide bonds. The van der Waals surface area contributed by atoms with Gasteiger partial charge in [0.2, 0.25) is 23.6 Å². The molecule has 6 heteroatoms. The Morgan fingerprint density at radius 1 is 1.05 bits per heavy atom. The number of hydrogen-bond donors (Lipinski definition) is 1. The lowest BCUT2D eigenvalue weighted by molar-refractivity contribution is -0.143. The number of hydrogen-bond acceptors (Lipinski definition) is 4. The largest absolute Gasteiger partial charge is 0.296 e. The average molecular weight is 272 g/mol. The number of rotatable bonds is 2. The first kappa shape index (κ1) is 12.5. The van der Waals surface area contributed by atoms with Gasteiger partial charge in [-0.25, -0.2) is 0 Å². The highest BCUT2D eigenvalue weighted by molar-refractivity contribution is 6.20. The Hall–Kier alpha value is -2.50. The highest BCUT2D eigenvalue weighted by atomic mass is 16.2. The molecule has 1 aromatic carbocycles. The monoisotopic (exact) mass is 272 g/mol. The summed E-state index contributed by atoms with van der Waals surface area (Å²) in [5.74, 6) is -4.02. The molecule has 0 bridgehead atoms. The molecule has 2 atom stereocenters. The summed E-state index contributed by atoms with van der Waals surface area (Å²) in [6.45, 7) is 0.132. The zero-order valence-electron chi connectivity index (χ0n) is 10.5. The van der Waals surface area contributed by atoms with Crippen molar-refractivity contribution in [1.82, 2.24) is 10.2 Å². The molecule has 102 valence electrons. The van der Waals surface area contributed by atoms with Crippen LogP contribution in [0.4, 0.5) is 0 Å². The van der Waals surface area contributed by atoms with Gasteiger partial charge in [-0.05, 0) is 5.56 Å². The molecule has 2 saturated heterocycles. The standard InChI is InChI=1S/C14H12N2O4/c17-10-6-9-11(12(18)15-10)14(20)16(13(9)19)7-8-4-2-1-3-5-8/h1-5,9,11H,6-7H2,(H,15,17,18). The molecule has 0 aliphatic carbocycles. The van der Waals surface area contributed by atoms with Crippen LogP contribution in [0.3, 0.4) is 0 Å². The molecular weight excluding hydrogens is 260 g/mol. The summed E-state index contributed by atoms with van der Waals surface area (Å²) < 4.78 is 0. The summed E-state index contributed by atoms with van der Waals surface area (Å²) in [4.78, 5) is 48.5. The van der Waals surface area contributed by atoms with E-state index in [4.69, 9.17) is 0 Å². The predicted molar refractivity (Wildman–Crippen MR) is 66.7 cm³/mol. The summed E-state index contributed by atoms with van der Waals surface area (Å²) >= 11 is 0. The van der Waals surface area contributed by atoms with Crippen LogP contribution in [0.1, 0.15) is 12.0 Å². The van der Waals surface area contributed by atoms with Gasteiger partial charge in [-0.2, -0.15) is 0 Å². The number of imide groups is 2. The van der Waals surface area contributed by atoms with Crippen molar-refractivity contribution in [2.45, 2.75) is 13.0 Å². The number of nitrogens with zero attached hydrogens (tertiary/aromatic N) is 1.